The summed E-state index contributed by atoms with van der Waals surface area (Å²) in [4.78, 5) is 45.1. The number of para-hydroxylation sites is 2. The van der Waals surface area contributed by atoms with Gasteiger partial charge in [-0.3, -0.25) is 9.59 Å². The zero-order valence-corrected chi connectivity index (χ0v) is 21.8. The Hall–Kier alpha value is -4.89. The maximum Gasteiger partial charge on any atom is 0.326 e. The number of benzene rings is 3. The Morgan fingerprint density at radius 3 is 1.80 bits per heavy atom. The van der Waals surface area contributed by atoms with Gasteiger partial charge in [-0.15, -0.1) is 0 Å². The Kier molecular flexibility index (Phi) is 7.93. The number of carbonyl (C=O) groups is 3. The van der Waals surface area contributed by atoms with Crippen LogP contribution in [0.25, 0.3) is 21.8 Å². The summed E-state index contributed by atoms with van der Waals surface area (Å²) in [6.45, 7) is 0. The van der Waals surface area contributed by atoms with E-state index in [0.29, 0.717) is 0 Å². The number of carboxylic acids is 1. The average molecular weight is 538 g/mol. The van der Waals surface area contributed by atoms with E-state index in [1.165, 1.54) is 0 Å². The van der Waals surface area contributed by atoms with Gasteiger partial charge >= 0.3 is 5.97 Å². The molecule has 0 saturated carbocycles. The first-order valence-electron chi connectivity index (χ1n) is 13.1. The topological polar surface area (TPSA) is 153 Å². The minimum absolute atomic E-state index is 0.0805. The van der Waals surface area contributed by atoms with Crippen molar-refractivity contribution in [2.75, 3.05) is 0 Å². The second-order valence-electron chi connectivity index (χ2n) is 9.88. The number of H-pyrrole nitrogens is 2. The van der Waals surface area contributed by atoms with Crippen molar-refractivity contribution in [1.82, 2.24) is 20.6 Å². The molecule has 40 heavy (non-hydrogen) atoms. The number of aliphatic carboxylic acids is 1. The van der Waals surface area contributed by atoms with Gasteiger partial charge in [-0.05, 0) is 35.2 Å². The largest absolute Gasteiger partial charge is 0.480 e. The number of amides is 2. The molecule has 5 rings (SSSR count). The summed E-state index contributed by atoms with van der Waals surface area (Å²) in [6, 6.07) is 21.4. The molecule has 2 amide bonds. The fourth-order valence-corrected chi connectivity index (χ4v) is 4.96. The summed E-state index contributed by atoms with van der Waals surface area (Å²) in [5.74, 6) is -2.26. The van der Waals surface area contributed by atoms with Crippen molar-refractivity contribution in [1.29, 1.82) is 0 Å². The standard InChI is InChI=1S/C31H31N5O4/c32-24(15-20-17-33-25-12-6-4-10-22(20)25)29(37)35-27(14-19-8-2-1-3-9-19)30(38)36-28(31(39)40)16-21-18-34-26-13-7-5-11-23(21)26/h1-13,17-18,24,27-28,33-34H,14-16,32H2,(H,35,37)(H,36,38)(H,39,40)/t24-,27-,28-/m0/s1. The van der Waals surface area contributed by atoms with Crippen LogP contribution in [0, 0.1) is 0 Å². The van der Waals surface area contributed by atoms with Crippen LogP contribution in [-0.4, -0.2) is 51.0 Å². The number of aromatic amines is 2. The molecule has 0 unspecified atom stereocenters. The van der Waals surface area contributed by atoms with Crippen molar-refractivity contribution in [3.05, 3.63) is 108 Å². The van der Waals surface area contributed by atoms with E-state index in [1.54, 1.807) is 6.20 Å². The smallest absolute Gasteiger partial charge is 0.326 e. The zero-order chi connectivity index (χ0) is 28.1. The molecule has 0 bridgehead atoms. The summed E-state index contributed by atoms with van der Waals surface area (Å²) in [5.41, 5.74) is 10.6. The number of nitrogens with two attached hydrogens (primary N) is 1. The van der Waals surface area contributed by atoms with E-state index in [2.05, 4.69) is 20.6 Å². The highest BCUT2D eigenvalue weighted by atomic mass is 16.4. The van der Waals surface area contributed by atoms with E-state index in [4.69, 9.17) is 5.73 Å². The van der Waals surface area contributed by atoms with Gasteiger partial charge < -0.3 is 31.4 Å². The van der Waals surface area contributed by atoms with Crippen LogP contribution in [0.2, 0.25) is 0 Å². The number of carbonyl (C=O) groups excluding carboxylic acids is 2. The minimum atomic E-state index is -1.19. The normalized spacial score (nSPS) is 13.5. The van der Waals surface area contributed by atoms with Gasteiger partial charge in [0.05, 0.1) is 6.04 Å². The maximum absolute atomic E-state index is 13.5. The molecular formula is C31H31N5O4. The Balaban J connectivity index is 1.31. The number of rotatable bonds is 11. The molecule has 2 heterocycles. The van der Waals surface area contributed by atoms with Crippen LogP contribution in [0.1, 0.15) is 16.7 Å². The summed E-state index contributed by atoms with van der Waals surface area (Å²) in [5, 5.41) is 17.2. The minimum Gasteiger partial charge on any atom is -0.480 e. The molecule has 0 aliphatic rings. The number of hydrogen-bond donors (Lipinski definition) is 6. The van der Waals surface area contributed by atoms with E-state index in [1.807, 2.05) is 85.1 Å². The highest BCUT2D eigenvalue weighted by molar-refractivity contribution is 5.93. The van der Waals surface area contributed by atoms with Crippen molar-refractivity contribution in [2.24, 2.45) is 5.73 Å². The zero-order valence-electron chi connectivity index (χ0n) is 21.8. The van der Waals surface area contributed by atoms with E-state index < -0.39 is 35.9 Å². The molecule has 9 heteroatoms. The molecule has 3 aromatic carbocycles. The molecule has 7 N–H and O–H groups in total. The Bertz CT molecular complexity index is 1640. The molecule has 9 nitrogen and oxygen atoms in total. The fourth-order valence-electron chi connectivity index (χ4n) is 4.96. The summed E-state index contributed by atoms with van der Waals surface area (Å²) in [7, 11) is 0. The lowest BCUT2D eigenvalue weighted by atomic mass is 10.0. The Labute approximate surface area is 230 Å². The lowest BCUT2D eigenvalue weighted by molar-refractivity contribution is -0.142. The van der Waals surface area contributed by atoms with Crippen molar-refractivity contribution in [3.8, 4) is 0 Å². The number of carboxylic acid groups (broad SMARTS) is 1. The number of fused-ring (bicyclic) bond motifs is 2. The fraction of sp³-hybridized carbons (Fsp3) is 0.194. The molecule has 2 aromatic heterocycles. The third-order valence-corrected chi connectivity index (χ3v) is 7.08. The van der Waals surface area contributed by atoms with E-state index in [9.17, 15) is 19.5 Å². The highest BCUT2D eigenvalue weighted by Crippen LogP contribution is 2.20. The molecular weight excluding hydrogens is 506 g/mol. The van der Waals surface area contributed by atoms with Crippen molar-refractivity contribution >= 4 is 39.6 Å². The molecule has 5 aromatic rings. The van der Waals surface area contributed by atoms with Crippen LogP contribution in [0.5, 0.6) is 0 Å². The predicted molar refractivity (Wildman–Crippen MR) is 154 cm³/mol. The first-order chi connectivity index (χ1) is 19.4. The van der Waals surface area contributed by atoms with Gasteiger partial charge in [-0.25, -0.2) is 4.79 Å². The molecule has 0 fully saturated rings. The maximum atomic E-state index is 13.5. The molecule has 0 aliphatic carbocycles. The van der Waals surface area contributed by atoms with Gasteiger partial charge in [-0.2, -0.15) is 0 Å². The van der Waals surface area contributed by atoms with Gasteiger partial charge in [-0.1, -0.05) is 66.7 Å². The third kappa shape index (κ3) is 6.05. The van der Waals surface area contributed by atoms with Crippen LogP contribution in [-0.2, 0) is 33.6 Å². The molecule has 3 atom stereocenters. The van der Waals surface area contributed by atoms with E-state index >= 15 is 0 Å². The molecule has 0 aliphatic heterocycles. The molecule has 0 spiro atoms. The first-order valence-corrected chi connectivity index (χ1v) is 13.1. The van der Waals surface area contributed by atoms with Gasteiger partial charge in [0.25, 0.3) is 0 Å². The van der Waals surface area contributed by atoms with Gasteiger partial charge in [0, 0.05) is 47.0 Å². The number of nitrogens with one attached hydrogen (secondary N) is 4. The SMILES string of the molecule is N[C@@H](Cc1c[nH]c2ccccc12)C(=O)N[C@@H](Cc1ccccc1)C(=O)N[C@@H](Cc1c[nH]c2ccccc12)C(=O)O. The van der Waals surface area contributed by atoms with Crippen LogP contribution in [0.15, 0.2) is 91.3 Å². The van der Waals surface area contributed by atoms with Crippen molar-refractivity contribution in [3.63, 3.8) is 0 Å². The predicted octanol–water partition coefficient (Wildman–Crippen LogP) is 3.06. The number of hydrogen-bond acceptors (Lipinski definition) is 4. The van der Waals surface area contributed by atoms with E-state index in [-0.39, 0.29) is 19.3 Å². The van der Waals surface area contributed by atoms with Crippen LogP contribution >= 0.6 is 0 Å². The second kappa shape index (κ2) is 11.9. The molecule has 0 radical (unpaired) electrons. The Morgan fingerprint density at radius 1 is 0.675 bits per heavy atom. The van der Waals surface area contributed by atoms with Gasteiger partial charge in [0.1, 0.15) is 12.1 Å². The lowest BCUT2D eigenvalue weighted by Crippen LogP contribution is -2.55. The second-order valence-corrected chi connectivity index (χ2v) is 9.88. The molecule has 0 saturated heterocycles. The van der Waals surface area contributed by atoms with Crippen LogP contribution in [0.4, 0.5) is 0 Å². The van der Waals surface area contributed by atoms with Gasteiger partial charge in [0.15, 0.2) is 0 Å². The highest BCUT2D eigenvalue weighted by Gasteiger charge is 2.29. The summed E-state index contributed by atoms with van der Waals surface area (Å²) < 4.78 is 0. The van der Waals surface area contributed by atoms with Crippen LogP contribution < -0.4 is 16.4 Å². The average Bonchev–Trinajstić information content (AvgIpc) is 3.57. The third-order valence-electron chi connectivity index (χ3n) is 7.08. The lowest BCUT2D eigenvalue weighted by Gasteiger charge is -2.23. The Morgan fingerprint density at radius 2 is 1.20 bits per heavy atom. The molecule has 204 valence electrons. The first kappa shape index (κ1) is 26.7. The van der Waals surface area contributed by atoms with Gasteiger partial charge in [0.2, 0.25) is 11.8 Å². The monoisotopic (exact) mass is 537 g/mol. The summed E-state index contributed by atoms with van der Waals surface area (Å²) in [6.07, 6.45) is 4.11. The van der Waals surface area contributed by atoms with Crippen molar-refractivity contribution in [2.45, 2.75) is 37.4 Å². The quantitative estimate of drug-likeness (QED) is 0.153. The summed E-state index contributed by atoms with van der Waals surface area (Å²) >= 11 is 0. The van der Waals surface area contributed by atoms with E-state index in [0.717, 1.165) is 38.5 Å². The van der Waals surface area contributed by atoms with Crippen molar-refractivity contribution < 1.29 is 19.5 Å². The number of aromatic nitrogens is 2. The van der Waals surface area contributed by atoms with Crippen LogP contribution in [0.3, 0.4) is 0 Å².